The molecule has 0 radical (unpaired) electrons. The zero-order valence-corrected chi connectivity index (χ0v) is 11.3. The Morgan fingerprint density at radius 2 is 2.22 bits per heavy atom. The summed E-state index contributed by atoms with van der Waals surface area (Å²) in [5, 5.41) is 4.06. The van der Waals surface area contributed by atoms with E-state index in [1.165, 1.54) is 21.4 Å². The predicted octanol–water partition coefficient (Wildman–Crippen LogP) is 3.59. The van der Waals surface area contributed by atoms with Gasteiger partial charge in [0.25, 0.3) is 0 Å². The molecule has 2 heterocycles. The molecule has 1 aromatic carbocycles. The molecule has 0 amide bonds. The molecule has 0 fully saturated rings. The van der Waals surface area contributed by atoms with Crippen LogP contribution in [0.3, 0.4) is 0 Å². The lowest BCUT2D eigenvalue weighted by Crippen LogP contribution is -1.99. The van der Waals surface area contributed by atoms with Gasteiger partial charge in [0, 0.05) is 19.8 Å². The van der Waals surface area contributed by atoms with Crippen LogP contribution in [0.2, 0.25) is 0 Å². The number of rotatable bonds is 2. The average molecular weight is 257 g/mol. The van der Waals surface area contributed by atoms with E-state index in [1.54, 1.807) is 11.3 Å². The van der Waals surface area contributed by atoms with Crippen LogP contribution in [0.25, 0.3) is 15.8 Å². The summed E-state index contributed by atoms with van der Waals surface area (Å²) in [5.41, 5.74) is 4.94. The number of thiazole rings is 1. The van der Waals surface area contributed by atoms with Crippen molar-refractivity contribution in [3.8, 4) is 0 Å². The molecule has 3 rings (SSSR count). The maximum absolute atomic E-state index is 4.55. The second-order valence-corrected chi connectivity index (χ2v) is 5.46. The van der Waals surface area contributed by atoms with Crippen molar-refractivity contribution < 1.29 is 0 Å². The fourth-order valence-electron chi connectivity index (χ4n) is 2.16. The number of hydrogen-bond acceptors (Lipinski definition) is 4. The summed E-state index contributed by atoms with van der Waals surface area (Å²) in [7, 11) is 1.90. The average Bonchev–Trinajstić information content (AvgIpc) is 2.81. The van der Waals surface area contributed by atoms with E-state index in [-0.39, 0.29) is 0 Å². The van der Waals surface area contributed by atoms with E-state index in [0.29, 0.717) is 0 Å². The smallest absolute Gasteiger partial charge is 0.183 e. The van der Waals surface area contributed by atoms with Crippen molar-refractivity contribution in [1.29, 1.82) is 0 Å². The van der Waals surface area contributed by atoms with E-state index in [2.05, 4.69) is 40.4 Å². The van der Waals surface area contributed by atoms with E-state index in [9.17, 15) is 0 Å². The zero-order valence-electron chi connectivity index (χ0n) is 10.5. The van der Waals surface area contributed by atoms with Gasteiger partial charge in [0.2, 0.25) is 0 Å². The molecule has 3 nitrogen and oxygen atoms in total. The molecule has 4 heteroatoms. The zero-order chi connectivity index (χ0) is 12.5. The molecule has 92 valence electrons. The van der Waals surface area contributed by atoms with Gasteiger partial charge in [-0.2, -0.15) is 0 Å². The van der Waals surface area contributed by atoms with Gasteiger partial charge in [-0.25, -0.2) is 4.98 Å². The van der Waals surface area contributed by atoms with Crippen molar-refractivity contribution in [2.75, 3.05) is 18.9 Å². The van der Waals surface area contributed by atoms with Crippen LogP contribution in [0.1, 0.15) is 18.9 Å². The fraction of sp³-hybridized carbons (Fsp3) is 0.286. The monoisotopic (exact) mass is 257 g/mol. The van der Waals surface area contributed by atoms with Gasteiger partial charge in [0.15, 0.2) is 5.13 Å². The topological polar surface area (TPSA) is 37.3 Å². The van der Waals surface area contributed by atoms with Gasteiger partial charge >= 0.3 is 0 Å². The van der Waals surface area contributed by atoms with Crippen LogP contribution in [0.5, 0.6) is 0 Å². The number of dihydropyridines is 1. The molecule has 0 spiro atoms. The highest BCUT2D eigenvalue weighted by molar-refractivity contribution is 7.22. The summed E-state index contributed by atoms with van der Waals surface area (Å²) in [6, 6.07) is 6.46. The number of nitrogens with zero attached hydrogens (tertiary/aromatic N) is 2. The third kappa shape index (κ3) is 1.93. The Kier molecular flexibility index (Phi) is 2.88. The molecule has 0 aliphatic carbocycles. The maximum atomic E-state index is 4.55. The summed E-state index contributed by atoms with van der Waals surface area (Å²) >= 11 is 1.68. The number of fused-ring (bicyclic) bond motifs is 1. The Hall–Kier alpha value is -1.68. The second-order valence-electron chi connectivity index (χ2n) is 4.43. The van der Waals surface area contributed by atoms with Gasteiger partial charge in [-0.05, 0) is 36.6 Å². The van der Waals surface area contributed by atoms with Gasteiger partial charge in [0.05, 0.1) is 10.2 Å². The molecule has 1 aliphatic rings. The molecule has 0 unspecified atom stereocenters. The normalized spacial score (nSPS) is 15.4. The summed E-state index contributed by atoms with van der Waals surface area (Å²) in [6.07, 6.45) is 3.05. The Morgan fingerprint density at radius 1 is 1.33 bits per heavy atom. The minimum absolute atomic E-state index is 0.915. The van der Waals surface area contributed by atoms with E-state index in [4.69, 9.17) is 0 Å². The van der Waals surface area contributed by atoms with Crippen molar-refractivity contribution in [1.82, 2.24) is 4.98 Å². The predicted molar refractivity (Wildman–Crippen MR) is 79.7 cm³/mol. The number of anilines is 1. The Labute approximate surface area is 110 Å². The van der Waals surface area contributed by atoms with Gasteiger partial charge < -0.3 is 5.32 Å². The highest BCUT2D eigenvalue weighted by Gasteiger charge is 2.10. The fourth-order valence-corrected chi connectivity index (χ4v) is 2.96. The molecule has 1 aliphatic heterocycles. The minimum Gasteiger partial charge on any atom is -0.365 e. The SMILES string of the molecule is CNc1nc2cc(C3=C(C)CCN=C3)ccc2s1. The van der Waals surface area contributed by atoms with Crippen molar-refractivity contribution >= 4 is 38.5 Å². The molecule has 1 N–H and O–H groups in total. The van der Waals surface area contributed by atoms with Crippen LogP contribution in [0.4, 0.5) is 5.13 Å². The number of benzene rings is 1. The largest absolute Gasteiger partial charge is 0.365 e. The van der Waals surface area contributed by atoms with Gasteiger partial charge in [-0.1, -0.05) is 23.0 Å². The molecule has 0 atom stereocenters. The van der Waals surface area contributed by atoms with Crippen LogP contribution >= 0.6 is 11.3 Å². The van der Waals surface area contributed by atoms with Crippen LogP contribution < -0.4 is 5.32 Å². The molecule has 0 saturated carbocycles. The standard InChI is InChI=1S/C14H15N3S/c1-9-5-6-16-8-11(9)10-3-4-13-12(7-10)17-14(15-2)18-13/h3-4,7-8H,5-6H2,1-2H3,(H,15,17). The van der Waals surface area contributed by atoms with E-state index in [0.717, 1.165) is 23.6 Å². The maximum Gasteiger partial charge on any atom is 0.183 e. The van der Waals surface area contributed by atoms with E-state index < -0.39 is 0 Å². The quantitative estimate of drug-likeness (QED) is 0.892. The van der Waals surface area contributed by atoms with Crippen molar-refractivity contribution in [2.45, 2.75) is 13.3 Å². The number of hydrogen-bond donors (Lipinski definition) is 1. The van der Waals surface area contributed by atoms with Gasteiger partial charge in [-0.3, -0.25) is 4.99 Å². The highest BCUT2D eigenvalue weighted by atomic mass is 32.1. The van der Waals surface area contributed by atoms with Crippen molar-refractivity contribution in [3.05, 3.63) is 29.3 Å². The minimum atomic E-state index is 0.915. The Morgan fingerprint density at radius 3 is 3.00 bits per heavy atom. The lowest BCUT2D eigenvalue weighted by Gasteiger charge is -2.11. The molecule has 1 aromatic heterocycles. The third-order valence-electron chi connectivity index (χ3n) is 3.21. The van der Waals surface area contributed by atoms with Crippen molar-refractivity contribution in [2.24, 2.45) is 4.99 Å². The summed E-state index contributed by atoms with van der Waals surface area (Å²) in [6.45, 7) is 3.10. The molecule has 0 bridgehead atoms. The lowest BCUT2D eigenvalue weighted by atomic mass is 9.98. The van der Waals surface area contributed by atoms with Crippen LogP contribution in [-0.2, 0) is 0 Å². The highest BCUT2D eigenvalue weighted by Crippen LogP contribution is 2.29. The van der Waals surface area contributed by atoms with Crippen LogP contribution in [0, 0.1) is 0 Å². The summed E-state index contributed by atoms with van der Waals surface area (Å²) in [5.74, 6) is 0. The first-order chi connectivity index (χ1) is 8.78. The van der Waals surface area contributed by atoms with Gasteiger partial charge in [-0.15, -0.1) is 0 Å². The molecular formula is C14H15N3S. The van der Waals surface area contributed by atoms with Crippen LogP contribution in [-0.4, -0.2) is 24.8 Å². The van der Waals surface area contributed by atoms with E-state index >= 15 is 0 Å². The van der Waals surface area contributed by atoms with Gasteiger partial charge in [0.1, 0.15) is 0 Å². The summed E-state index contributed by atoms with van der Waals surface area (Å²) in [4.78, 5) is 8.93. The molecular weight excluding hydrogens is 242 g/mol. The molecule has 2 aromatic rings. The number of aliphatic imine (C=N–C) groups is 1. The molecule has 0 saturated heterocycles. The summed E-state index contributed by atoms with van der Waals surface area (Å²) < 4.78 is 1.22. The Bertz CT molecular complexity index is 652. The van der Waals surface area contributed by atoms with E-state index in [1.807, 2.05) is 13.3 Å². The lowest BCUT2D eigenvalue weighted by molar-refractivity contribution is 0.947. The first kappa shape index (κ1) is 11.4. The molecule has 18 heavy (non-hydrogen) atoms. The Balaban J connectivity index is 2.10. The third-order valence-corrected chi connectivity index (χ3v) is 4.26. The first-order valence-corrected chi connectivity index (χ1v) is 6.88. The van der Waals surface area contributed by atoms with Crippen LogP contribution in [0.15, 0.2) is 28.8 Å². The first-order valence-electron chi connectivity index (χ1n) is 6.06. The second kappa shape index (κ2) is 4.53. The van der Waals surface area contributed by atoms with Crippen molar-refractivity contribution in [3.63, 3.8) is 0 Å². The number of allylic oxidation sites excluding steroid dienone is 1. The number of aromatic nitrogens is 1. The number of nitrogens with one attached hydrogen (secondary N) is 1.